The van der Waals surface area contributed by atoms with Crippen molar-refractivity contribution in [3.05, 3.63) is 70.0 Å². The average Bonchev–Trinajstić information content (AvgIpc) is 2.48. The Hall–Kier alpha value is -1.38. The minimum absolute atomic E-state index is 0.0650. The van der Waals surface area contributed by atoms with Crippen LogP contribution in [0.25, 0.3) is 0 Å². The van der Waals surface area contributed by atoms with Gasteiger partial charge in [-0.2, -0.15) is 0 Å². The van der Waals surface area contributed by atoms with Crippen LogP contribution in [0.3, 0.4) is 0 Å². The topological polar surface area (TPSA) is 12.0 Å². The molecule has 0 amide bonds. The van der Waals surface area contributed by atoms with Gasteiger partial charge in [-0.25, -0.2) is 4.39 Å². The Morgan fingerprint density at radius 1 is 1.19 bits per heavy atom. The van der Waals surface area contributed by atoms with Crippen LogP contribution in [0, 0.1) is 12.7 Å². The molecule has 0 fully saturated rings. The molecule has 0 saturated heterocycles. The smallest absolute Gasteiger partial charge is 0.128 e. The summed E-state index contributed by atoms with van der Waals surface area (Å²) in [5.74, 6) is -0.207. The van der Waals surface area contributed by atoms with Gasteiger partial charge in [-0.3, -0.25) is 0 Å². The molecule has 1 N–H and O–H groups in total. The highest BCUT2D eigenvalue weighted by Crippen LogP contribution is 2.25. The van der Waals surface area contributed by atoms with E-state index < -0.39 is 0 Å². The highest BCUT2D eigenvalue weighted by atomic mass is 35.5. The minimum atomic E-state index is -0.207. The molecule has 0 spiro atoms. The van der Waals surface area contributed by atoms with E-state index in [4.69, 9.17) is 11.6 Å². The van der Waals surface area contributed by atoms with Gasteiger partial charge >= 0.3 is 0 Å². The highest BCUT2D eigenvalue weighted by molar-refractivity contribution is 6.30. The molecule has 1 nitrogen and oxygen atoms in total. The molecule has 1 unspecified atom stereocenters. The predicted octanol–water partition coefficient (Wildman–Crippen LogP) is 5.07. The molecule has 21 heavy (non-hydrogen) atoms. The third-order valence-corrected chi connectivity index (χ3v) is 3.89. The van der Waals surface area contributed by atoms with E-state index in [9.17, 15) is 4.39 Å². The van der Waals surface area contributed by atoms with Crippen molar-refractivity contribution in [2.45, 2.75) is 32.7 Å². The van der Waals surface area contributed by atoms with Crippen molar-refractivity contribution in [3.8, 4) is 0 Å². The second kappa shape index (κ2) is 7.58. The number of hydrogen-bond acceptors (Lipinski definition) is 1. The average molecular weight is 306 g/mol. The van der Waals surface area contributed by atoms with Crippen molar-refractivity contribution >= 4 is 11.6 Å². The van der Waals surface area contributed by atoms with E-state index in [1.54, 1.807) is 12.1 Å². The van der Waals surface area contributed by atoms with E-state index in [0.29, 0.717) is 10.6 Å². The first-order valence-corrected chi connectivity index (χ1v) is 7.72. The summed E-state index contributed by atoms with van der Waals surface area (Å²) >= 11 is 6.03. The van der Waals surface area contributed by atoms with Crippen LogP contribution in [0.2, 0.25) is 5.02 Å². The zero-order valence-electron chi connectivity index (χ0n) is 12.5. The summed E-state index contributed by atoms with van der Waals surface area (Å²) in [6, 6.07) is 12.9. The van der Waals surface area contributed by atoms with Gasteiger partial charge in [0.15, 0.2) is 0 Å². The largest absolute Gasteiger partial charge is 0.310 e. The molecule has 1 atom stereocenters. The monoisotopic (exact) mass is 305 g/mol. The lowest BCUT2D eigenvalue weighted by Crippen LogP contribution is -2.25. The van der Waals surface area contributed by atoms with Crippen LogP contribution < -0.4 is 5.32 Å². The maximum Gasteiger partial charge on any atom is 0.128 e. The summed E-state index contributed by atoms with van der Waals surface area (Å²) in [5.41, 5.74) is 3.09. The van der Waals surface area contributed by atoms with Gasteiger partial charge in [0.1, 0.15) is 5.82 Å². The maximum atomic E-state index is 14.2. The molecule has 2 aromatic carbocycles. The van der Waals surface area contributed by atoms with E-state index in [0.717, 1.165) is 19.4 Å². The summed E-state index contributed by atoms with van der Waals surface area (Å²) in [6.07, 6.45) is 1.76. The van der Waals surface area contributed by atoms with E-state index >= 15 is 0 Å². The minimum Gasteiger partial charge on any atom is -0.310 e. The van der Waals surface area contributed by atoms with Crippen molar-refractivity contribution in [1.82, 2.24) is 5.32 Å². The van der Waals surface area contributed by atoms with Crippen LogP contribution in [0.4, 0.5) is 4.39 Å². The molecule has 0 saturated carbocycles. The molecule has 0 radical (unpaired) electrons. The zero-order valence-corrected chi connectivity index (χ0v) is 13.3. The molecule has 0 aliphatic heterocycles. The highest BCUT2D eigenvalue weighted by Gasteiger charge is 2.17. The summed E-state index contributed by atoms with van der Waals surface area (Å²) in [5, 5.41) is 4.00. The third-order valence-electron chi connectivity index (χ3n) is 3.66. The molecule has 0 aliphatic carbocycles. The first-order chi connectivity index (χ1) is 10.1. The van der Waals surface area contributed by atoms with Crippen LogP contribution in [0.15, 0.2) is 42.5 Å². The molecule has 0 bridgehead atoms. The molecule has 3 heteroatoms. The van der Waals surface area contributed by atoms with Crippen LogP contribution in [0.1, 0.15) is 36.1 Å². The second-order valence-electron chi connectivity index (χ2n) is 5.30. The first-order valence-electron chi connectivity index (χ1n) is 7.34. The fraction of sp³-hybridized carbons (Fsp3) is 0.333. The zero-order chi connectivity index (χ0) is 15.2. The molecule has 2 aromatic rings. The summed E-state index contributed by atoms with van der Waals surface area (Å²) < 4.78 is 14.2. The Kier molecular flexibility index (Phi) is 5.77. The van der Waals surface area contributed by atoms with Gasteiger partial charge in [-0.05, 0) is 55.6 Å². The van der Waals surface area contributed by atoms with Crippen molar-refractivity contribution in [2.75, 3.05) is 6.54 Å². The number of nitrogens with one attached hydrogen (secondary N) is 1. The Morgan fingerprint density at radius 2 is 1.95 bits per heavy atom. The van der Waals surface area contributed by atoms with Crippen LogP contribution >= 0.6 is 11.6 Å². The lowest BCUT2D eigenvalue weighted by Gasteiger charge is -2.21. The lowest BCUT2D eigenvalue weighted by atomic mass is 9.95. The van der Waals surface area contributed by atoms with Gasteiger partial charge in [-0.15, -0.1) is 0 Å². The van der Waals surface area contributed by atoms with Gasteiger partial charge in [0, 0.05) is 16.6 Å². The standard InChI is InChI=1S/C18H21ClFN/c1-3-10-21-18(11-14-7-5-4-6-13(14)2)16-12-15(19)8-9-17(16)20/h4-9,12,18,21H,3,10-11H2,1-2H3. The Bertz CT molecular complexity index is 598. The van der Waals surface area contributed by atoms with Gasteiger partial charge < -0.3 is 5.32 Å². The summed E-state index contributed by atoms with van der Waals surface area (Å²) in [4.78, 5) is 0. The molecule has 0 aliphatic rings. The van der Waals surface area contributed by atoms with Crippen LogP contribution in [-0.4, -0.2) is 6.54 Å². The van der Waals surface area contributed by atoms with Gasteiger partial charge in [0.05, 0.1) is 0 Å². The van der Waals surface area contributed by atoms with E-state index in [2.05, 4.69) is 31.3 Å². The predicted molar refractivity (Wildman–Crippen MR) is 87.3 cm³/mol. The second-order valence-corrected chi connectivity index (χ2v) is 5.74. The Morgan fingerprint density at radius 3 is 2.67 bits per heavy atom. The molecular weight excluding hydrogens is 285 g/mol. The van der Waals surface area contributed by atoms with E-state index in [1.165, 1.54) is 17.2 Å². The fourth-order valence-corrected chi connectivity index (χ4v) is 2.63. The SMILES string of the molecule is CCCNC(Cc1ccccc1C)c1cc(Cl)ccc1F. The Balaban J connectivity index is 2.30. The number of hydrogen-bond donors (Lipinski definition) is 1. The number of halogens is 2. The van der Waals surface area contributed by atoms with Gasteiger partial charge in [0.25, 0.3) is 0 Å². The molecule has 0 heterocycles. The third kappa shape index (κ3) is 4.29. The van der Waals surface area contributed by atoms with Crippen molar-refractivity contribution in [2.24, 2.45) is 0 Å². The lowest BCUT2D eigenvalue weighted by molar-refractivity contribution is 0.496. The number of aryl methyl sites for hydroxylation is 1. The van der Waals surface area contributed by atoms with Gasteiger partial charge in [0.2, 0.25) is 0 Å². The molecule has 0 aromatic heterocycles. The van der Waals surface area contributed by atoms with Crippen molar-refractivity contribution in [1.29, 1.82) is 0 Å². The normalized spacial score (nSPS) is 12.4. The summed E-state index contributed by atoms with van der Waals surface area (Å²) in [7, 11) is 0. The summed E-state index contributed by atoms with van der Waals surface area (Å²) in [6.45, 7) is 5.04. The van der Waals surface area contributed by atoms with Crippen molar-refractivity contribution in [3.63, 3.8) is 0 Å². The molecule has 112 valence electrons. The van der Waals surface area contributed by atoms with Crippen LogP contribution in [0.5, 0.6) is 0 Å². The van der Waals surface area contributed by atoms with Gasteiger partial charge in [-0.1, -0.05) is 42.8 Å². The van der Waals surface area contributed by atoms with E-state index in [1.807, 2.05) is 12.1 Å². The Labute approximate surface area is 131 Å². The maximum absolute atomic E-state index is 14.2. The number of benzene rings is 2. The quantitative estimate of drug-likeness (QED) is 0.785. The molecule has 2 rings (SSSR count). The molecular formula is C18H21ClFN. The van der Waals surface area contributed by atoms with E-state index in [-0.39, 0.29) is 11.9 Å². The first kappa shape index (κ1) is 16.0. The van der Waals surface area contributed by atoms with Crippen molar-refractivity contribution < 1.29 is 4.39 Å². The number of rotatable bonds is 6. The van der Waals surface area contributed by atoms with Crippen LogP contribution in [-0.2, 0) is 6.42 Å². The fourth-order valence-electron chi connectivity index (χ4n) is 2.45.